The number of thiazole rings is 1. The van der Waals surface area contributed by atoms with Gasteiger partial charge in [0, 0.05) is 57.2 Å². The van der Waals surface area contributed by atoms with Crippen molar-refractivity contribution in [1.82, 2.24) is 15.0 Å². The van der Waals surface area contributed by atoms with Crippen molar-refractivity contribution in [1.29, 1.82) is 0 Å². The Kier molecular flexibility index (Phi) is 5.06. The molecule has 0 aliphatic carbocycles. The summed E-state index contributed by atoms with van der Waals surface area (Å²) in [5.74, 6) is -0.153. The Morgan fingerprint density at radius 2 is 1.97 bits per heavy atom. The fourth-order valence-electron chi connectivity index (χ4n) is 3.84. The number of halogens is 3. The average Bonchev–Trinajstić information content (AvgIpc) is 3.29. The first-order valence-electron chi connectivity index (χ1n) is 9.49. The van der Waals surface area contributed by atoms with Crippen LogP contribution in [0.1, 0.15) is 16.1 Å². The molecule has 30 heavy (non-hydrogen) atoms. The Hall–Kier alpha value is -2.33. The molecule has 3 aromatic heterocycles. The van der Waals surface area contributed by atoms with E-state index < -0.39 is 11.6 Å². The fraction of sp³-hybridized carbons (Fsp3) is 0.182. The molecule has 8 heteroatoms. The van der Waals surface area contributed by atoms with Gasteiger partial charge in [-0.1, -0.05) is 6.07 Å². The van der Waals surface area contributed by atoms with Crippen molar-refractivity contribution in [3.63, 3.8) is 0 Å². The first-order chi connectivity index (χ1) is 14.5. The molecule has 0 bridgehead atoms. The van der Waals surface area contributed by atoms with Crippen molar-refractivity contribution in [3.8, 4) is 21.8 Å². The van der Waals surface area contributed by atoms with Crippen molar-refractivity contribution < 1.29 is 8.78 Å². The normalized spacial score (nSPS) is 13.5. The van der Waals surface area contributed by atoms with Gasteiger partial charge >= 0.3 is 0 Å². The van der Waals surface area contributed by atoms with E-state index in [0.717, 1.165) is 49.1 Å². The third kappa shape index (κ3) is 3.31. The van der Waals surface area contributed by atoms with Crippen molar-refractivity contribution in [2.24, 2.45) is 0 Å². The van der Waals surface area contributed by atoms with Crippen LogP contribution in [0.3, 0.4) is 0 Å². The minimum absolute atomic E-state index is 0.00607. The van der Waals surface area contributed by atoms with Gasteiger partial charge in [-0.15, -0.1) is 11.3 Å². The quantitative estimate of drug-likeness (QED) is 0.331. The molecular formula is C22H17F2IN4S. The molecule has 152 valence electrons. The zero-order valence-corrected chi connectivity index (χ0v) is 19.0. The lowest BCUT2D eigenvalue weighted by molar-refractivity contribution is 0.588. The zero-order chi connectivity index (χ0) is 20.8. The smallest absolute Gasteiger partial charge is 0.143 e. The first kappa shape index (κ1) is 19.6. The molecule has 4 nitrogen and oxygen atoms in total. The van der Waals surface area contributed by atoms with Crippen LogP contribution in [-0.4, -0.2) is 21.5 Å². The van der Waals surface area contributed by atoms with Gasteiger partial charge in [0.2, 0.25) is 0 Å². The lowest BCUT2D eigenvalue weighted by atomic mass is 10.1. The van der Waals surface area contributed by atoms with E-state index in [4.69, 9.17) is 4.98 Å². The van der Waals surface area contributed by atoms with E-state index in [0.29, 0.717) is 12.2 Å². The number of nitrogens with one attached hydrogen (secondary N) is 1. The molecule has 1 aromatic carbocycles. The van der Waals surface area contributed by atoms with Gasteiger partial charge in [-0.3, -0.25) is 4.98 Å². The largest absolute Gasteiger partial charge is 0.357 e. The van der Waals surface area contributed by atoms with Crippen LogP contribution in [0.4, 0.5) is 14.6 Å². The lowest BCUT2D eigenvalue weighted by Gasteiger charge is -2.28. The number of benzene rings is 1. The van der Waals surface area contributed by atoms with Crippen molar-refractivity contribution in [2.75, 3.05) is 11.4 Å². The molecule has 4 aromatic rings. The predicted octanol–water partition coefficient (Wildman–Crippen LogP) is 5.95. The molecule has 0 spiro atoms. The van der Waals surface area contributed by atoms with Crippen molar-refractivity contribution in [3.05, 3.63) is 74.1 Å². The molecule has 0 saturated carbocycles. The van der Waals surface area contributed by atoms with Gasteiger partial charge in [-0.25, -0.2) is 13.8 Å². The number of aromatic nitrogens is 3. The SMILES string of the molecule is Cc1sc(-c2cccnc2)nc1N1CCc2[nH]c(-c3c(F)cccc3F)c(I)c2C1. The Morgan fingerprint density at radius 1 is 1.17 bits per heavy atom. The Morgan fingerprint density at radius 3 is 2.70 bits per heavy atom. The van der Waals surface area contributed by atoms with Crippen LogP contribution in [0.5, 0.6) is 0 Å². The van der Waals surface area contributed by atoms with Gasteiger partial charge in [0.1, 0.15) is 22.5 Å². The number of anilines is 1. The summed E-state index contributed by atoms with van der Waals surface area (Å²) in [4.78, 5) is 15.7. The monoisotopic (exact) mass is 534 g/mol. The summed E-state index contributed by atoms with van der Waals surface area (Å²) in [7, 11) is 0. The number of nitrogens with zero attached hydrogens (tertiary/aromatic N) is 3. The zero-order valence-electron chi connectivity index (χ0n) is 16.0. The van der Waals surface area contributed by atoms with E-state index in [1.54, 1.807) is 17.5 Å². The van der Waals surface area contributed by atoms with Crippen LogP contribution >= 0.6 is 33.9 Å². The Balaban J connectivity index is 1.49. The third-order valence-electron chi connectivity index (χ3n) is 5.30. The molecule has 5 rings (SSSR count). The van der Waals surface area contributed by atoms with E-state index >= 15 is 0 Å². The second-order valence-electron chi connectivity index (χ2n) is 7.18. The van der Waals surface area contributed by atoms with E-state index in [9.17, 15) is 8.78 Å². The third-order valence-corrected chi connectivity index (χ3v) is 7.50. The maximum atomic E-state index is 14.4. The number of rotatable bonds is 3. The highest BCUT2D eigenvalue weighted by molar-refractivity contribution is 14.1. The van der Waals surface area contributed by atoms with Gasteiger partial charge in [0.15, 0.2) is 0 Å². The van der Waals surface area contributed by atoms with Gasteiger partial charge in [0.25, 0.3) is 0 Å². The second kappa shape index (κ2) is 7.73. The van der Waals surface area contributed by atoms with Gasteiger partial charge in [-0.2, -0.15) is 0 Å². The summed E-state index contributed by atoms with van der Waals surface area (Å²) in [6, 6.07) is 7.88. The van der Waals surface area contributed by atoms with E-state index in [1.165, 1.54) is 18.2 Å². The molecule has 0 radical (unpaired) electrons. The molecule has 4 heterocycles. The predicted molar refractivity (Wildman–Crippen MR) is 124 cm³/mol. The highest BCUT2D eigenvalue weighted by Crippen LogP contribution is 2.38. The lowest BCUT2D eigenvalue weighted by Crippen LogP contribution is -2.31. The van der Waals surface area contributed by atoms with Gasteiger partial charge in [-0.05, 0) is 53.8 Å². The van der Waals surface area contributed by atoms with Crippen LogP contribution in [0.25, 0.3) is 21.8 Å². The minimum atomic E-state index is -0.556. The average molecular weight is 534 g/mol. The molecule has 1 N–H and O–H groups in total. The van der Waals surface area contributed by atoms with Crippen molar-refractivity contribution in [2.45, 2.75) is 19.9 Å². The highest BCUT2D eigenvalue weighted by Gasteiger charge is 2.28. The Bertz CT molecular complexity index is 1220. The topological polar surface area (TPSA) is 44.8 Å². The molecule has 1 aliphatic rings. The van der Waals surface area contributed by atoms with Crippen molar-refractivity contribution >= 4 is 39.7 Å². The molecule has 0 fully saturated rings. The molecule has 0 saturated heterocycles. The molecule has 1 aliphatic heterocycles. The van der Waals surface area contributed by atoms with Crippen LogP contribution in [0.15, 0.2) is 42.7 Å². The Labute approximate surface area is 190 Å². The molecular weight excluding hydrogens is 517 g/mol. The van der Waals surface area contributed by atoms with E-state index in [1.807, 2.05) is 18.3 Å². The number of fused-ring (bicyclic) bond motifs is 1. The molecule has 0 unspecified atom stereocenters. The number of pyridine rings is 1. The van der Waals surface area contributed by atoms with E-state index in [-0.39, 0.29) is 5.56 Å². The summed E-state index contributed by atoms with van der Waals surface area (Å²) in [6.45, 7) is 3.52. The molecule has 0 atom stereocenters. The maximum Gasteiger partial charge on any atom is 0.143 e. The summed E-state index contributed by atoms with van der Waals surface area (Å²) >= 11 is 3.84. The second-order valence-corrected chi connectivity index (χ2v) is 9.46. The first-order valence-corrected chi connectivity index (χ1v) is 11.4. The van der Waals surface area contributed by atoms with Gasteiger partial charge < -0.3 is 9.88 Å². The highest BCUT2D eigenvalue weighted by atomic mass is 127. The number of hydrogen-bond acceptors (Lipinski definition) is 4. The summed E-state index contributed by atoms with van der Waals surface area (Å²) in [5, 5.41) is 0.944. The number of hydrogen-bond donors (Lipinski definition) is 1. The standard InChI is InChI=1S/C22H17F2IN4S/c1-12-21(28-22(30-12)13-4-3-8-26-10-13)29-9-7-17-14(11-29)19(25)20(27-17)18-15(23)5-2-6-16(18)24/h2-6,8,10,27H,7,9,11H2,1H3. The summed E-state index contributed by atoms with van der Waals surface area (Å²) < 4.78 is 29.6. The van der Waals surface area contributed by atoms with E-state index in [2.05, 4.69) is 44.4 Å². The number of aryl methyl sites for hydroxylation is 1. The van der Waals surface area contributed by atoms with Crippen LogP contribution in [0.2, 0.25) is 0 Å². The van der Waals surface area contributed by atoms with Gasteiger partial charge in [0.05, 0.1) is 11.3 Å². The maximum absolute atomic E-state index is 14.4. The van der Waals surface area contributed by atoms with Crippen LogP contribution < -0.4 is 4.90 Å². The fourth-order valence-corrected chi connectivity index (χ4v) is 5.67. The number of H-pyrrole nitrogens is 1. The van der Waals surface area contributed by atoms with Crippen LogP contribution in [-0.2, 0) is 13.0 Å². The minimum Gasteiger partial charge on any atom is -0.357 e. The summed E-state index contributed by atoms with van der Waals surface area (Å²) in [6.07, 6.45) is 4.34. The number of aromatic amines is 1. The van der Waals surface area contributed by atoms with Crippen LogP contribution in [0, 0.1) is 22.1 Å². The molecule has 0 amide bonds. The summed E-state index contributed by atoms with van der Waals surface area (Å²) in [5.41, 5.74) is 3.64.